The Bertz CT molecular complexity index is 404. The minimum absolute atomic E-state index is 0.756. The van der Waals surface area contributed by atoms with Gasteiger partial charge in [-0.3, -0.25) is 0 Å². The molecule has 0 amide bonds. The van der Waals surface area contributed by atoms with Crippen LogP contribution in [0.25, 0.3) is 6.08 Å². The van der Waals surface area contributed by atoms with Crippen molar-refractivity contribution in [2.75, 3.05) is 0 Å². The first-order valence-corrected chi connectivity index (χ1v) is 16.1. The van der Waals surface area contributed by atoms with Crippen molar-refractivity contribution in [1.29, 1.82) is 0 Å². The van der Waals surface area contributed by atoms with Gasteiger partial charge in [0.25, 0.3) is 0 Å². The van der Waals surface area contributed by atoms with Crippen molar-refractivity contribution in [2.24, 2.45) is 0 Å². The van der Waals surface area contributed by atoms with Gasteiger partial charge >= 0.3 is 134 Å². The van der Waals surface area contributed by atoms with Gasteiger partial charge in [0.15, 0.2) is 0 Å². The molecule has 0 saturated heterocycles. The van der Waals surface area contributed by atoms with E-state index in [9.17, 15) is 0 Å². The van der Waals surface area contributed by atoms with Crippen LogP contribution in [0.3, 0.4) is 0 Å². The maximum atomic E-state index is 6.64. The summed E-state index contributed by atoms with van der Waals surface area (Å²) in [6.07, 6.45) is 3.60. The van der Waals surface area contributed by atoms with Gasteiger partial charge in [-0.05, 0) is 0 Å². The molecule has 1 aromatic carbocycles. The number of rotatable bonds is 6. The molecule has 0 unspecified atom stereocenters. The van der Waals surface area contributed by atoms with Gasteiger partial charge in [0.05, 0.1) is 0 Å². The summed E-state index contributed by atoms with van der Waals surface area (Å²) in [4.78, 5) is 0. The molecule has 1 rings (SSSR count). The van der Waals surface area contributed by atoms with E-state index in [-0.39, 0.29) is 0 Å². The van der Waals surface area contributed by atoms with Crippen molar-refractivity contribution in [3.8, 4) is 0 Å². The molecule has 0 aromatic heterocycles. The Morgan fingerprint density at radius 3 is 2.05 bits per heavy atom. The number of hydrogen-bond acceptors (Lipinski definition) is 0. The summed E-state index contributed by atoms with van der Waals surface area (Å²) in [5, 5.41) is 1.69. The van der Waals surface area contributed by atoms with Gasteiger partial charge in [-0.2, -0.15) is 0 Å². The van der Waals surface area contributed by atoms with Gasteiger partial charge in [-0.1, -0.05) is 0 Å². The molecule has 106 valence electrons. The molecule has 0 bridgehead atoms. The molecule has 0 heterocycles. The topological polar surface area (TPSA) is 0 Å². The second kappa shape index (κ2) is 8.12. The van der Waals surface area contributed by atoms with Crippen LogP contribution in [0.4, 0.5) is 0 Å². The summed E-state index contributed by atoms with van der Waals surface area (Å²) in [7, 11) is 6.64. The maximum absolute atomic E-state index is 6.64. The zero-order valence-corrected chi connectivity index (χ0v) is 16.9. The van der Waals surface area contributed by atoms with Gasteiger partial charge in [0.2, 0.25) is 0 Å². The Hall–Kier alpha value is 0.563. The molecule has 0 nitrogen and oxygen atoms in total. The third-order valence-electron chi connectivity index (χ3n) is 4.03. The predicted molar refractivity (Wildman–Crippen MR) is 89.2 cm³/mol. The van der Waals surface area contributed by atoms with Crippen molar-refractivity contribution in [3.63, 3.8) is 0 Å². The van der Waals surface area contributed by atoms with E-state index in [0.29, 0.717) is 0 Å². The summed E-state index contributed by atoms with van der Waals surface area (Å²) >= 11 is -0.804. The molecule has 19 heavy (non-hydrogen) atoms. The fourth-order valence-electron chi connectivity index (χ4n) is 2.95. The second-order valence-electron chi connectivity index (χ2n) is 5.71. The summed E-state index contributed by atoms with van der Waals surface area (Å²) in [5.41, 5.74) is 2.85. The minimum atomic E-state index is -1.44. The van der Waals surface area contributed by atoms with Crippen LogP contribution in [-0.4, -0.2) is 11.3 Å². The zero-order valence-electron chi connectivity index (χ0n) is 12.7. The monoisotopic (exact) mass is 374 g/mol. The van der Waals surface area contributed by atoms with E-state index in [4.69, 9.17) is 8.51 Å². The standard InChI is InChI=1S/C16H25P.ClH.Zr/c1-6-16(17(13(2)3)14(4)5)12-15-10-8-7-9-11-15;;/h7-14H,6H2,1-5H3;1H;. The van der Waals surface area contributed by atoms with Gasteiger partial charge in [-0.25, -0.2) is 0 Å². The summed E-state index contributed by atoms with van der Waals surface area (Å²) < 4.78 is -1.44. The van der Waals surface area contributed by atoms with Crippen LogP contribution in [0.5, 0.6) is 0 Å². The first-order chi connectivity index (χ1) is 8.98. The first kappa shape index (κ1) is 17.6. The number of halogens is 1. The Morgan fingerprint density at radius 2 is 1.68 bits per heavy atom. The van der Waals surface area contributed by atoms with E-state index in [2.05, 4.69) is 71.0 Å². The summed E-state index contributed by atoms with van der Waals surface area (Å²) in [6.45, 7) is 11.9. The summed E-state index contributed by atoms with van der Waals surface area (Å²) in [5.74, 6) is 0. The van der Waals surface area contributed by atoms with Gasteiger partial charge in [0, 0.05) is 0 Å². The Labute approximate surface area is 133 Å². The van der Waals surface area contributed by atoms with Crippen LogP contribution in [0.2, 0.25) is 0 Å². The van der Waals surface area contributed by atoms with E-state index in [1.54, 1.807) is 5.31 Å². The van der Waals surface area contributed by atoms with E-state index < -0.39 is 26.0 Å². The van der Waals surface area contributed by atoms with Crippen LogP contribution in [0.15, 0.2) is 35.6 Å². The molecular formula is C16H26ClPZr. The normalized spacial score (nSPS) is 14.0. The molecule has 3 heteroatoms. The molecule has 0 saturated carbocycles. The van der Waals surface area contributed by atoms with E-state index in [1.807, 2.05) is 0 Å². The molecule has 0 aliphatic heterocycles. The molecular weight excluding hydrogens is 350 g/mol. The number of benzene rings is 1. The van der Waals surface area contributed by atoms with Crippen molar-refractivity contribution in [3.05, 3.63) is 41.2 Å². The first-order valence-electron chi connectivity index (χ1n) is 7.12. The van der Waals surface area contributed by atoms with Crippen molar-refractivity contribution in [2.45, 2.75) is 52.4 Å². The fraction of sp³-hybridized carbons (Fsp3) is 0.500. The Balaban J connectivity index is 3.28. The Kier molecular flexibility index (Phi) is 7.52. The summed E-state index contributed by atoms with van der Waals surface area (Å²) in [6, 6.07) is 10.7. The molecule has 0 aliphatic rings. The Morgan fingerprint density at radius 1 is 1.16 bits per heavy atom. The number of allylic oxidation sites excluding steroid dienone is 1. The van der Waals surface area contributed by atoms with Crippen molar-refractivity contribution >= 4 is 19.1 Å². The molecule has 1 aromatic rings. The van der Waals surface area contributed by atoms with Crippen LogP contribution in [0.1, 0.15) is 46.6 Å². The SMILES string of the molecule is CCC(=Cc1ccccc1)[PH]([Zr][Cl])(C(C)C)C(C)C. The zero-order chi connectivity index (χ0) is 14.5. The van der Waals surface area contributed by atoms with Crippen LogP contribution >= 0.6 is 13.1 Å². The molecule has 0 radical (unpaired) electrons. The predicted octanol–water partition coefficient (Wildman–Crippen LogP) is 6.16. The van der Waals surface area contributed by atoms with Gasteiger partial charge in [0.1, 0.15) is 0 Å². The van der Waals surface area contributed by atoms with Crippen LogP contribution in [-0.2, 0) is 21.5 Å². The van der Waals surface area contributed by atoms with Crippen LogP contribution in [0, 0.1) is 0 Å². The van der Waals surface area contributed by atoms with E-state index in [0.717, 1.165) is 17.7 Å². The fourth-order valence-corrected chi connectivity index (χ4v) is 23.2. The van der Waals surface area contributed by atoms with Crippen molar-refractivity contribution in [1.82, 2.24) is 0 Å². The average molecular weight is 376 g/mol. The number of hydrogen-bond donors (Lipinski definition) is 0. The molecule has 0 fully saturated rings. The molecule has 0 N–H and O–H groups in total. The second-order valence-corrected chi connectivity index (χ2v) is 21.4. The molecule has 0 spiro atoms. The average Bonchev–Trinajstić information content (AvgIpc) is 2.39. The van der Waals surface area contributed by atoms with Crippen molar-refractivity contribution < 1.29 is 21.5 Å². The molecule has 0 atom stereocenters. The molecule has 0 aliphatic carbocycles. The van der Waals surface area contributed by atoms with Gasteiger partial charge < -0.3 is 0 Å². The van der Waals surface area contributed by atoms with Crippen LogP contribution < -0.4 is 0 Å². The third kappa shape index (κ3) is 4.03. The van der Waals surface area contributed by atoms with E-state index in [1.165, 1.54) is 5.56 Å². The van der Waals surface area contributed by atoms with E-state index >= 15 is 0 Å². The third-order valence-corrected chi connectivity index (χ3v) is 28.3. The van der Waals surface area contributed by atoms with Gasteiger partial charge in [-0.15, -0.1) is 0 Å². The quantitative estimate of drug-likeness (QED) is 0.522.